The molecule has 4 aromatic rings. The second kappa shape index (κ2) is 11.2. The number of ether oxygens (including phenoxy) is 2. The van der Waals surface area contributed by atoms with Crippen LogP contribution in [0.25, 0.3) is 10.2 Å². The number of para-hydroxylation sites is 1. The van der Waals surface area contributed by atoms with Gasteiger partial charge in [-0.05, 0) is 54.8 Å². The van der Waals surface area contributed by atoms with Gasteiger partial charge >= 0.3 is 0 Å². The third kappa shape index (κ3) is 5.85. The SMILES string of the molecule is CSc1ccc2nc(N(CCN3CCOCC3)C(=O)c3cccc(Oc4ccccc4)c3)sc2c1. The number of hydrogen-bond acceptors (Lipinski definition) is 7. The number of thiazole rings is 1. The van der Waals surface area contributed by atoms with Gasteiger partial charge in [0.15, 0.2) is 5.13 Å². The molecule has 0 atom stereocenters. The Morgan fingerprint density at radius 1 is 1.06 bits per heavy atom. The highest BCUT2D eigenvalue weighted by molar-refractivity contribution is 7.98. The first-order chi connectivity index (χ1) is 17.2. The van der Waals surface area contributed by atoms with E-state index >= 15 is 0 Å². The molecule has 0 aliphatic carbocycles. The van der Waals surface area contributed by atoms with Crippen LogP contribution in [0.5, 0.6) is 11.5 Å². The summed E-state index contributed by atoms with van der Waals surface area (Å²) in [5.41, 5.74) is 1.48. The van der Waals surface area contributed by atoms with Crippen molar-refractivity contribution < 1.29 is 14.3 Å². The number of anilines is 1. The first-order valence-electron chi connectivity index (χ1n) is 11.6. The third-order valence-corrected chi connectivity index (χ3v) is 7.63. The Hall–Kier alpha value is -2.91. The number of rotatable bonds is 8. The van der Waals surface area contributed by atoms with Crippen LogP contribution >= 0.6 is 23.1 Å². The van der Waals surface area contributed by atoms with E-state index in [4.69, 9.17) is 14.5 Å². The van der Waals surface area contributed by atoms with E-state index in [9.17, 15) is 4.79 Å². The molecule has 0 bridgehead atoms. The zero-order chi connectivity index (χ0) is 24.0. The van der Waals surface area contributed by atoms with Crippen LogP contribution in [0.3, 0.4) is 0 Å². The summed E-state index contributed by atoms with van der Waals surface area (Å²) in [6, 6.07) is 23.2. The summed E-state index contributed by atoms with van der Waals surface area (Å²) in [5, 5.41) is 0.714. The maximum absolute atomic E-state index is 13.8. The Labute approximate surface area is 213 Å². The topological polar surface area (TPSA) is 54.9 Å². The molecule has 1 aromatic heterocycles. The number of carbonyl (C=O) groups is 1. The van der Waals surface area contributed by atoms with E-state index < -0.39 is 0 Å². The standard InChI is InChI=1S/C27H27N3O3S2/c1-34-23-10-11-24-25(19-23)35-27(28-24)30(13-12-29-14-16-32-17-15-29)26(31)20-6-5-9-22(18-20)33-21-7-3-2-4-8-21/h2-11,18-19H,12-17H2,1H3. The minimum atomic E-state index is -0.0825. The number of aromatic nitrogens is 1. The molecule has 3 aromatic carbocycles. The molecule has 180 valence electrons. The van der Waals surface area contributed by atoms with Crippen molar-refractivity contribution in [2.45, 2.75) is 4.90 Å². The summed E-state index contributed by atoms with van der Waals surface area (Å²) in [6.45, 7) is 4.52. The first-order valence-corrected chi connectivity index (χ1v) is 13.6. The smallest absolute Gasteiger partial charge is 0.260 e. The Balaban J connectivity index is 1.42. The monoisotopic (exact) mass is 505 g/mol. The van der Waals surface area contributed by atoms with Crippen molar-refractivity contribution in [2.75, 3.05) is 50.5 Å². The molecule has 35 heavy (non-hydrogen) atoms. The lowest BCUT2D eigenvalue weighted by Gasteiger charge is -2.29. The van der Waals surface area contributed by atoms with Gasteiger partial charge < -0.3 is 9.47 Å². The molecule has 0 saturated carbocycles. The zero-order valence-corrected chi connectivity index (χ0v) is 21.2. The van der Waals surface area contributed by atoms with Gasteiger partial charge in [0.1, 0.15) is 11.5 Å². The van der Waals surface area contributed by atoms with E-state index in [0.29, 0.717) is 23.0 Å². The van der Waals surface area contributed by atoms with Crippen LogP contribution < -0.4 is 9.64 Å². The van der Waals surface area contributed by atoms with Crippen LogP contribution in [0.15, 0.2) is 77.7 Å². The first kappa shape index (κ1) is 23.8. The normalized spacial score (nSPS) is 14.2. The van der Waals surface area contributed by atoms with Gasteiger partial charge in [-0.3, -0.25) is 14.6 Å². The highest BCUT2D eigenvalue weighted by Gasteiger charge is 2.23. The number of thioether (sulfide) groups is 1. The second-order valence-corrected chi connectivity index (χ2v) is 10.1. The van der Waals surface area contributed by atoms with Crippen molar-refractivity contribution >= 4 is 44.4 Å². The fraction of sp³-hybridized carbons (Fsp3) is 0.259. The van der Waals surface area contributed by atoms with Gasteiger partial charge in [-0.1, -0.05) is 35.6 Å². The largest absolute Gasteiger partial charge is 0.457 e. The summed E-state index contributed by atoms with van der Waals surface area (Å²) >= 11 is 3.26. The summed E-state index contributed by atoms with van der Waals surface area (Å²) < 4.78 is 12.5. The van der Waals surface area contributed by atoms with Crippen molar-refractivity contribution in [2.24, 2.45) is 0 Å². The van der Waals surface area contributed by atoms with Gasteiger partial charge in [0.05, 0.1) is 23.4 Å². The van der Waals surface area contributed by atoms with E-state index in [0.717, 1.165) is 48.8 Å². The molecule has 1 aliphatic heterocycles. The molecule has 5 rings (SSSR count). The molecule has 1 amide bonds. The Morgan fingerprint density at radius 3 is 2.66 bits per heavy atom. The zero-order valence-electron chi connectivity index (χ0n) is 19.6. The molecule has 0 spiro atoms. The fourth-order valence-corrected chi connectivity index (χ4v) is 5.50. The summed E-state index contributed by atoms with van der Waals surface area (Å²) in [7, 11) is 0. The number of morpholine rings is 1. The average molecular weight is 506 g/mol. The minimum absolute atomic E-state index is 0.0825. The molecule has 0 unspecified atom stereocenters. The highest BCUT2D eigenvalue weighted by Crippen LogP contribution is 2.33. The molecule has 0 N–H and O–H groups in total. The maximum atomic E-state index is 13.8. The fourth-order valence-electron chi connectivity index (χ4n) is 3.96. The average Bonchev–Trinajstić information content (AvgIpc) is 3.33. The van der Waals surface area contributed by atoms with E-state index in [2.05, 4.69) is 23.3 Å². The van der Waals surface area contributed by atoms with Gasteiger partial charge in [-0.15, -0.1) is 11.8 Å². The predicted octanol–water partition coefficient (Wildman–Crippen LogP) is 5.79. The Bertz CT molecular complexity index is 1290. The van der Waals surface area contributed by atoms with Crippen LogP contribution in [-0.4, -0.2) is 61.4 Å². The molecule has 1 saturated heterocycles. The third-order valence-electron chi connectivity index (χ3n) is 5.86. The van der Waals surface area contributed by atoms with Gasteiger partial charge in [-0.2, -0.15) is 0 Å². The number of amides is 1. The van der Waals surface area contributed by atoms with Crippen molar-refractivity contribution in [1.29, 1.82) is 0 Å². The van der Waals surface area contributed by atoms with Gasteiger partial charge in [-0.25, -0.2) is 4.98 Å². The van der Waals surface area contributed by atoms with Crippen molar-refractivity contribution in [3.8, 4) is 11.5 Å². The van der Waals surface area contributed by atoms with E-state index in [-0.39, 0.29) is 5.91 Å². The van der Waals surface area contributed by atoms with Crippen LogP contribution in [0.2, 0.25) is 0 Å². The summed E-state index contributed by atoms with van der Waals surface area (Å²) in [5.74, 6) is 1.28. The number of nitrogens with zero attached hydrogens (tertiary/aromatic N) is 3. The number of benzene rings is 3. The van der Waals surface area contributed by atoms with Crippen molar-refractivity contribution in [3.63, 3.8) is 0 Å². The molecule has 1 fully saturated rings. The quantitative estimate of drug-likeness (QED) is 0.283. The molecular formula is C27H27N3O3S2. The Morgan fingerprint density at radius 2 is 1.86 bits per heavy atom. The van der Waals surface area contributed by atoms with Gasteiger partial charge in [0.2, 0.25) is 0 Å². The van der Waals surface area contributed by atoms with Crippen LogP contribution in [-0.2, 0) is 4.74 Å². The summed E-state index contributed by atoms with van der Waals surface area (Å²) in [4.78, 5) is 24.0. The number of carbonyl (C=O) groups excluding carboxylic acids is 1. The van der Waals surface area contributed by atoms with Gasteiger partial charge in [0, 0.05) is 36.6 Å². The molecular weight excluding hydrogens is 478 g/mol. The van der Waals surface area contributed by atoms with E-state index in [1.807, 2.05) is 54.6 Å². The molecule has 0 radical (unpaired) electrons. The van der Waals surface area contributed by atoms with Gasteiger partial charge in [0.25, 0.3) is 5.91 Å². The minimum Gasteiger partial charge on any atom is -0.457 e. The Kier molecular flexibility index (Phi) is 7.63. The van der Waals surface area contributed by atoms with Crippen LogP contribution in [0, 0.1) is 0 Å². The van der Waals surface area contributed by atoms with Crippen LogP contribution in [0.1, 0.15) is 10.4 Å². The molecule has 1 aliphatic rings. The lowest BCUT2D eigenvalue weighted by molar-refractivity contribution is 0.0391. The second-order valence-electron chi connectivity index (χ2n) is 8.18. The summed E-state index contributed by atoms with van der Waals surface area (Å²) in [6.07, 6.45) is 2.06. The lowest BCUT2D eigenvalue weighted by Crippen LogP contribution is -2.43. The molecule has 6 nitrogen and oxygen atoms in total. The van der Waals surface area contributed by atoms with E-state index in [1.54, 1.807) is 34.1 Å². The number of fused-ring (bicyclic) bond motifs is 1. The number of hydrogen-bond donors (Lipinski definition) is 0. The highest BCUT2D eigenvalue weighted by atomic mass is 32.2. The van der Waals surface area contributed by atoms with Crippen LogP contribution in [0.4, 0.5) is 5.13 Å². The van der Waals surface area contributed by atoms with E-state index in [1.165, 1.54) is 4.90 Å². The predicted molar refractivity (Wildman–Crippen MR) is 143 cm³/mol. The molecule has 8 heteroatoms. The maximum Gasteiger partial charge on any atom is 0.260 e. The van der Waals surface area contributed by atoms with Crippen molar-refractivity contribution in [3.05, 3.63) is 78.4 Å². The molecule has 2 heterocycles. The van der Waals surface area contributed by atoms with Crippen molar-refractivity contribution in [1.82, 2.24) is 9.88 Å². The lowest BCUT2D eigenvalue weighted by atomic mass is 10.2.